The first-order valence-corrected chi connectivity index (χ1v) is 4.66. The van der Waals surface area contributed by atoms with Gasteiger partial charge in [0.2, 0.25) is 0 Å². The van der Waals surface area contributed by atoms with Gasteiger partial charge in [-0.3, -0.25) is 0 Å². The van der Waals surface area contributed by atoms with E-state index in [4.69, 9.17) is 5.11 Å². The molecule has 0 saturated heterocycles. The van der Waals surface area contributed by atoms with Gasteiger partial charge in [-0.2, -0.15) is 5.12 Å². The Bertz CT molecular complexity index is 257. The highest BCUT2D eigenvalue weighted by molar-refractivity contribution is 5.25. The van der Waals surface area contributed by atoms with Crippen LogP contribution in [0.1, 0.15) is 5.56 Å². The predicted octanol–water partition coefficient (Wildman–Crippen LogP) is 0.505. The van der Waals surface area contributed by atoms with Crippen LogP contribution >= 0.6 is 0 Å². The maximum absolute atomic E-state index is 9.09. The summed E-state index contributed by atoms with van der Waals surface area (Å²) < 4.78 is 0. The van der Waals surface area contributed by atoms with E-state index in [2.05, 4.69) is 10.9 Å². The van der Waals surface area contributed by atoms with Crippen LogP contribution in [-0.4, -0.2) is 30.9 Å². The molecule has 1 aromatic carbocycles. The number of aromatic hydroxyl groups is 1. The minimum Gasteiger partial charge on any atom is -0.508 e. The molecule has 14 heavy (non-hydrogen) atoms. The molecule has 0 amide bonds. The fourth-order valence-electron chi connectivity index (χ4n) is 1.24. The molecule has 0 radical (unpaired) electrons. The Hall–Kier alpha value is -1.10. The summed E-state index contributed by atoms with van der Waals surface area (Å²) in [5, 5.41) is 11.0. The second kappa shape index (κ2) is 5.59. The van der Waals surface area contributed by atoms with E-state index >= 15 is 0 Å². The average Bonchev–Trinajstić information content (AvgIpc) is 2.22. The zero-order valence-electron chi connectivity index (χ0n) is 8.62. The molecule has 0 fully saturated rings. The van der Waals surface area contributed by atoms with Crippen molar-refractivity contribution in [1.82, 2.24) is 16.0 Å². The lowest BCUT2D eigenvalue weighted by Gasteiger charge is -2.19. The smallest absolute Gasteiger partial charge is 0.115 e. The summed E-state index contributed by atoms with van der Waals surface area (Å²) >= 11 is 0. The van der Waals surface area contributed by atoms with Gasteiger partial charge >= 0.3 is 0 Å². The van der Waals surface area contributed by atoms with Gasteiger partial charge in [0.25, 0.3) is 0 Å². The van der Waals surface area contributed by atoms with Gasteiger partial charge in [-0.05, 0) is 24.1 Å². The summed E-state index contributed by atoms with van der Waals surface area (Å²) in [4.78, 5) is 0. The number of phenols is 1. The molecule has 4 nitrogen and oxygen atoms in total. The molecule has 0 unspecified atom stereocenters. The van der Waals surface area contributed by atoms with Crippen LogP contribution in [-0.2, 0) is 6.42 Å². The minimum absolute atomic E-state index is 0.313. The maximum Gasteiger partial charge on any atom is 0.115 e. The van der Waals surface area contributed by atoms with Crippen molar-refractivity contribution in [3.05, 3.63) is 29.8 Å². The lowest BCUT2D eigenvalue weighted by atomic mass is 10.1. The summed E-state index contributed by atoms with van der Waals surface area (Å²) in [5.74, 6) is 0.313. The van der Waals surface area contributed by atoms with E-state index in [9.17, 15) is 0 Å². The lowest BCUT2D eigenvalue weighted by molar-refractivity contribution is 0.148. The molecule has 1 rings (SSSR count). The Morgan fingerprint density at radius 3 is 2.21 bits per heavy atom. The van der Waals surface area contributed by atoms with Crippen LogP contribution in [0.2, 0.25) is 0 Å². The normalized spacial score (nSPS) is 10.8. The topological polar surface area (TPSA) is 47.5 Å². The number of nitrogens with one attached hydrogen (secondary N) is 2. The zero-order valence-corrected chi connectivity index (χ0v) is 8.62. The van der Waals surface area contributed by atoms with Crippen LogP contribution in [0.4, 0.5) is 0 Å². The Morgan fingerprint density at radius 1 is 1.14 bits per heavy atom. The first kappa shape index (κ1) is 11.0. The van der Waals surface area contributed by atoms with Gasteiger partial charge in [-0.25, -0.2) is 10.9 Å². The highest BCUT2D eigenvalue weighted by Crippen LogP contribution is 2.09. The molecule has 4 heteroatoms. The van der Waals surface area contributed by atoms with Crippen LogP contribution < -0.4 is 10.9 Å². The molecule has 0 heterocycles. The molecule has 0 bridgehead atoms. The van der Waals surface area contributed by atoms with E-state index in [0.29, 0.717) is 5.75 Å². The minimum atomic E-state index is 0.313. The zero-order chi connectivity index (χ0) is 10.4. The van der Waals surface area contributed by atoms with E-state index < -0.39 is 0 Å². The van der Waals surface area contributed by atoms with Crippen LogP contribution in [0.15, 0.2) is 24.3 Å². The predicted molar refractivity (Wildman–Crippen MR) is 56.6 cm³/mol. The highest BCUT2D eigenvalue weighted by Gasteiger charge is 1.99. The van der Waals surface area contributed by atoms with Gasteiger partial charge < -0.3 is 5.11 Å². The molecular weight excluding hydrogens is 178 g/mol. The average molecular weight is 195 g/mol. The highest BCUT2D eigenvalue weighted by atomic mass is 16.3. The molecular formula is C10H17N3O. The van der Waals surface area contributed by atoms with Crippen molar-refractivity contribution < 1.29 is 5.11 Å². The second-order valence-corrected chi connectivity index (χ2v) is 3.02. The number of nitrogens with zero attached hydrogens (tertiary/aromatic N) is 1. The summed E-state index contributed by atoms with van der Waals surface area (Å²) in [6, 6.07) is 7.27. The molecule has 3 N–H and O–H groups in total. The largest absolute Gasteiger partial charge is 0.508 e. The van der Waals surface area contributed by atoms with Crippen molar-refractivity contribution in [2.75, 3.05) is 20.6 Å². The first-order valence-electron chi connectivity index (χ1n) is 4.66. The van der Waals surface area contributed by atoms with E-state index in [1.807, 2.05) is 31.3 Å². The van der Waals surface area contributed by atoms with Gasteiger partial charge in [0.05, 0.1) is 0 Å². The van der Waals surface area contributed by atoms with E-state index in [1.165, 1.54) is 5.56 Å². The molecule has 0 spiro atoms. The summed E-state index contributed by atoms with van der Waals surface area (Å²) in [6.07, 6.45) is 0.932. The fraction of sp³-hybridized carbons (Fsp3) is 0.400. The standard InChI is InChI=1S/C10H17N3O/c1-11-13(12-2)8-7-9-3-5-10(14)6-4-9/h3-6,11-12,14H,7-8H2,1-2H3. The molecule has 78 valence electrons. The summed E-state index contributed by atoms with van der Waals surface area (Å²) in [7, 11) is 3.74. The number of benzene rings is 1. The fourth-order valence-corrected chi connectivity index (χ4v) is 1.24. The van der Waals surface area contributed by atoms with Gasteiger partial charge in [-0.1, -0.05) is 12.1 Å². The van der Waals surface area contributed by atoms with Gasteiger partial charge in [0, 0.05) is 20.6 Å². The van der Waals surface area contributed by atoms with Crippen molar-refractivity contribution in [3.63, 3.8) is 0 Å². The molecule has 1 aromatic rings. The Balaban J connectivity index is 2.41. The number of hydrogen-bond acceptors (Lipinski definition) is 4. The maximum atomic E-state index is 9.09. The van der Waals surface area contributed by atoms with Crippen LogP contribution in [0, 0.1) is 0 Å². The van der Waals surface area contributed by atoms with Crippen molar-refractivity contribution in [2.45, 2.75) is 6.42 Å². The number of rotatable bonds is 5. The Morgan fingerprint density at radius 2 is 1.71 bits per heavy atom. The number of phenolic OH excluding ortho intramolecular Hbond substituents is 1. The monoisotopic (exact) mass is 195 g/mol. The number of hydrogen-bond donors (Lipinski definition) is 3. The van der Waals surface area contributed by atoms with Crippen LogP contribution in [0.3, 0.4) is 0 Å². The molecule has 0 aliphatic carbocycles. The third-order valence-corrected chi connectivity index (χ3v) is 2.10. The quantitative estimate of drug-likeness (QED) is 0.599. The molecule has 0 aromatic heterocycles. The lowest BCUT2D eigenvalue weighted by Crippen LogP contribution is -2.45. The molecule has 0 aliphatic rings. The van der Waals surface area contributed by atoms with E-state index in [1.54, 1.807) is 12.1 Å². The SMILES string of the molecule is CNN(CCc1ccc(O)cc1)NC. The van der Waals surface area contributed by atoms with Gasteiger partial charge in [0.1, 0.15) is 5.75 Å². The van der Waals surface area contributed by atoms with E-state index in [0.717, 1.165) is 13.0 Å². The third kappa shape index (κ3) is 3.33. The van der Waals surface area contributed by atoms with E-state index in [-0.39, 0.29) is 0 Å². The van der Waals surface area contributed by atoms with Crippen LogP contribution in [0.5, 0.6) is 5.75 Å². The third-order valence-electron chi connectivity index (χ3n) is 2.10. The molecule has 0 saturated carbocycles. The first-order chi connectivity index (χ1) is 6.76. The van der Waals surface area contributed by atoms with Crippen molar-refractivity contribution in [1.29, 1.82) is 0 Å². The molecule has 0 aliphatic heterocycles. The molecule has 0 atom stereocenters. The van der Waals surface area contributed by atoms with Crippen molar-refractivity contribution >= 4 is 0 Å². The Labute approximate surface area is 84.5 Å². The van der Waals surface area contributed by atoms with Crippen molar-refractivity contribution in [2.24, 2.45) is 0 Å². The Kier molecular flexibility index (Phi) is 4.39. The summed E-state index contributed by atoms with van der Waals surface area (Å²) in [6.45, 7) is 0.873. The van der Waals surface area contributed by atoms with Crippen LogP contribution in [0.25, 0.3) is 0 Å². The van der Waals surface area contributed by atoms with Gasteiger partial charge in [0.15, 0.2) is 0 Å². The summed E-state index contributed by atoms with van der Waals surface area (Å²) in [5.41, 5.74) is 7.22. The van der Waals surface area contributed by atoms with Gasteiger partial charge in [-0.15, -0.1) is 0 Å². The number of hydrazine groups is 2. The second-order valence-electron chi connectivity index (χ2n) is 3.02. The van der Waals surface area contributed by atoms with Crippen molar-refractivity contribution in [3.8, 4) is 5.75 Å².